The van der Waals surface area contributed by atoms with Crippen molar-refractivity contribution < 1.29 is 0 Å². The van der Waals surface area contributed by atoms with E-state index in [-0.39, 0.29) is 0 Å². The van der Waals surface area contributed by atoms with Crippen LogP contribution in [-0.2, 0) is 0 Å². The molecule has 4 nitrogen and oxygen atoms in total. The molecule has 110 valence electrons. The van der Waals surface area contributed by atoms with Gasteiger partial charge in [-0.1, -0.05) is 35.9 Å². The molecule has 2 aromatic carbocycles. The van der Waals surface area contributed by atoms with Gasteiger partial charge in [0.2, 0.25) is 5.95 Å². The quantitative estimate of drug-likeness (QED) is 0.738. The van der Waals surface area contributed by atoms with E-state index in [1.54, 1.807) is 6.20 Å². The molecule has 0 amide bonds. The maximum absolute atomic E-state index is 4.49. The van der Waals surface area contributed by atoms with E-state index in [0.29, 0.717) is 5.95 Å². The zero-order valence-electron chi connectivity index (χ0n) is 12.7. The lowest BCUT2D eigenvalue weighted by molar-refractivity contribution is 1.16. The van der Waals surface area contributed by atoms with Gasteiger partial charge in [0.05, 0.1) is 0 Å². The van der Waals surface area contributed by atoms with Gasteiger partial charge >= 0.3 is 0 Å². The van der Waals surface area contributed by atoms with E-state index in [2.05, 4.69) is 52.6 Å². The highest BCUT2D eigenvalue weighted by Gasteiger charge is 2.02. The number of benzene rings is 2. The van der Waals surface area contributed by atoms with Gasteiger partial charge in [-0.15, -0.1) is 0 Å². The summed E-state index contributed by atoms with van der Waals surface area (Å²) < 4.78 is 0. The van der Waals surface area contributed by atoms with Crippen LogP contribution in [0, 0.1) is 13.8 Å². The summed E-state index contributed by atoms with van der Waals surface area (Å²) in [5.41, 5.74) is 4.41. The van der Waals surface area contributed by atoms with Crippen molar-refractivity contribution in [3.8, 4) is 0 Å². The van der Waals surface area contributed by atoms with Crippen LogP contribution in [0.1, 0.15) is 11.1 Å². The highest BCUT2D eigenvalue weighted by molar-refractivity contribution is 5.62. The average Bonchev–Trinajstić information content (AvgIpc) is 2.52. The summed E-state index contributed by atoms with van der Waals surface area (Å²) in [6, 6.07) is 18.1. The molecule has 0 unspecified atom stereocenters. The Bertz CT molecular complexity index is 766. The van der Waals surface area contributed by atoms with Crippen molar-refractivity contribution in [2.75, 3.05) is 10.6 Å². The van der Waals surface area contributed by atoms with Gasteiger partial charge in [0, 0.05) is 17.6 Å². The molecule has 0 aliphatic carbocycles. The van der Waals surface area contributed by atoms with Crippen LogP contribution < -0.4 is 10.6 Å². The Kier molecular flexibility index (Phi) is 4.01. The van der Waals surface area contributed by atoms with Crippen LogP contribution in [0.4, 0.5) is 23.1 Å². The monoisotopic (exact) mass is 290 g/mol. The summed E-state index contributed by atoms with van der Waals surface area (Å²) in [6.07, 6.45) is 1.74. The van der Waals surface area contributed by atoms with Gasteiger partial charge in [0.25, 0.3) is 0 Å². The molecule has 0 radical (unpaired) electrons. The van der Waals surface area contributed by atoms with Crippen LogP contribution in [0.5, 0.6) is 0 Å². The zero-order valence-corrected chi connectivity index (χ0v) is 12.7. The fraction of sp³-hybridized carbons (Fsp3) is 0.111. The van der Waals surface area contributed by atoms with E-state index in [9.17, 15) is 0 Å². The van der Waals surface area contributed by atoms with Crippen LogP contribution in [0.15, 0.2) is 60.8 Å². The van der Waals surface area contributed by atoms with Gasteiger partial charge in [0.1, 0.15) is 5.82 Å². The second-order valence-corrected chi connectivity index (χ2v) is 5.20. The third-order valence-corrected chi connectivity index (χ3v) is 3.37. The van der Waals surface area contributed by atoms with Crippen molar-refractivity contribution in [1.82, 2.24) is 9.97 Å². The summed E-state index contributed by atoms with van der Waals surface area (Å²) in [5.74, 6) is 1.33. The average molecular weight is 290 g/mol. The molecule has 0 bridgehead atoms. The van der Waals surface area contributed by atoms with Gasteiger partial charge in [-0.05, 0) is 43.7 Å². The molecule has 1 heterocycles. The van der Waals surface area contributed by atoms with Crippen molar-refractivity contribution in [1.29, 1.82) is 0 Å². The normalized spacial score (nSPS) is 10.3. The fourth-order valence-corrected chi connectivity index (χ4v) is 2.11. The van der Waals surface area contributed by atoms with Crippen molar-refractivity contribution in [3.63, 3.8) is 0 Å². The molecular formula is C18H18N4. The summed E-state index contributed by atoms with van der Waals surface area (Å²) >= 11 is 0. The lowest BCUT2D eigenvalue weighted by Gasteiger charge is -2.10. The Balaban J connectivity index is 1.78. The molecule has 0 saturated heterocycles. The maximum Gasteiger partial charge on any atom is 0.229 e. The highest BCUT2D eigenvalue weighted by atomic mass is 15.1. The van der Waals surface area contributed by atoms with E-state index >= 15 is 0 Å². The number of nitrogens with zero attached hydrogens (tertiary/aromatic N) is 2. The van der Waals surface area contributed by atoms with E-state index in [1.807, 2.05) is 36.4 Å². The van der Waals surface area contributed by atoms with Crippen LogP contribution in [0.2, 0.25) is 0 Å². The Labute approximate surface area is 130 Å². The number of hydrogen-bond acceptors (Lipinski definition) is 4. The van der Waals surface area contributed by atoms with Gasteiger partial charge in [-0.3, -0.25) is 0 Å². The SMILES string of the molecule is Cc1ccc(Nc2nccc(Nc3ccccc3C)n2)cc1. The number of para-hydroxylation sites is 1. The first-order valence-electron chi connectivity index (χ1n) is 7.20. The van der Waals surface area contributed by atoms with Gasteiger partial charge < -0.3 is 10.6 Å². The Morgan fingerprint density at radius 3 is 2.36 bits per heavy atom. The molecule has 0 aliphatic rings. The van der Waals surface area contributed by atoms with E-state index in [0.717, 1.165) is 17.2 Å². The fourth-order valence-electron chi connectivity index (χ4n) is 2.11. The number of hydrogen-bond donors (Lipinski definition) is 2. The molecule has 0 fully saturated rings. The smallest absolute Gasteiger partial charge is 0.229 e. The Hall–Kier alpha value is -2.88. The molecule has 0 atom stereocenters. The lowest BCUT2D eigenvalue weighted by Crippen LogP contribution is -2.01. The van der Waals surface area contributed by atoms with Crippen LogP contribution in [0.25, 0.3) is 0 Å². The third kappa shape index (κ3) is 3.41. The molecule has 0 saturated carbocycles. The van der Waals surface area contributed by atoms with Crippen molar-refractivity contribution in [2.24, 2.45) is 0 Å². The summed E-state index contributed by atoms with van der Waals surface area (Å²) in [5, 5.41) is 6.53. The summed E-state index contributed by atoms with van der Waals surface area (Å²) in [7, 11) is 0. The standard InChI is InChI=1S/C18H18N4/c1-13-7-9-15(10-8-13)20-18-19-12-11-17(22-18)21-16-6-4-3-5-14(16)2/h3-12H,1-2H3,(H2,19,20,21,22). The van der Waals surface area contributed by atoms with E-state index < -0.39 is 0 Å². The molecule has 0 aliphatic heterocycles. The Morgan fingerprint density at radius 2 is 1.59 bits per heavy atom. The first-order valence-corrected chi connectivity index (χ1v) is 7.20. The predicted octanol–water partition coefficient (Wildman–Crippen LogP) is 4.58. The third-order valence-electron chi connectivity index (χ3n) is 3.37. The first-order chi connectivity index (χ1) is 10.7. The first kappa shape index (κ1) is 14.1. The molecule has 2 N–H and O–H groups in total. The van der Waals surface area contributed by atoms with Crippen LogP contribution in [-0.4, -0.2) is 9.97 Å². The number of aryl methyl sites for hydroxylation is 2. The number of nitrogens with one attached hydrogen (secondary N) is 2. The molecule has 22 heavy (non-hydrogen) atoms. The zero-order chi connectivity index (χ0) is 15.4. The number of anilines is 4. The summed E-state index contributed by atoms with van der Waals surface area (Å²) in [6.45, 7) is 4.13. The second kappa shape index (κ2) is 6.26. The predicted molar refractivity (Wildman–Crippen MR) is 91.0 cm³/mol. The highest BCUT2D eigenvalue weighted by Crippen LogP contribution is 2.20. The second-order valence-electron chi connectivity index (χ2n) is 5.20. The molecule has 3 rings (SSSR count). The molecule has 3 aromatic rings. The summed E-state index contributed by atoms with van der Waals surface area (Å²) in [4.78, 5) is 8.75. The van der Waals surface area contributed by atoms with E-state index in [4.69, 9.17) is 0 Å². The van der Waals surface area contributed by atoms with Crippen molar-refractivity contribution >= 4 is 23.1 Å². The molecular weight excluding hydrogens is 272 g/mol. The topological polar surface area (TPSA) is 49.8 Å². The van der Waals surface area contributed by atoms with Crippen molar-refractivity contribution in [2.45, 2.75) is 13.8 Å². The number of aromatic nitrogens is 2. The molecule has 4 heteroatoms. The lowest BCUT2D eigenvalue weighted by atomic mass is 10.2. The van der Waals surface area contributed by atoms with Crippen LogP contribution >= 0.6 is 0 Å². The van der Waals surface area contributed by atoms with E-state index in [1.165, 1.54) is 11.1 Å². The minimum absolute atomic E-state index is 0.572. The van der Waals surface area contributed by atoms with Gasteiger partial charge in [0.15, 0.2) is 0 Å². The van der Waals surface area contributed by atoms with Crippen LogP contribution in [0.3, 0.4) is 0 Å². The molecule has 1 aromatic heterocycles. The van der Waals surface area contributed by atoms with Gasteiger partial charge in [-0.25, -0.2) is 4.98 Å². The van der Waals surface area contributed by atoms with Gasteiger partial charge in [-0.2, -0.15) is 4.98 Å². The minimum atomic E-state index is 0.572. The minimum Gasteiger partial charge on any atom is -0.340 e. The number of rotatable bonds is 4. The molecule has 0 spiro atoms. The van der Waals surface area contributed by atoms with Crippen molar-refractivity contribution in [3.05, 3.63) is 71.9 Å². The largest absolute Gasteiger partial charge is 0.340 e. The Morgan fingerprint density at radius 1 is 0.818 bits per heavy atom. The maximum atomic E-state index is 4.49.